The van der Waals surface area contributed by atoms with Gasteiger partial charge >= 0.3 is 0 Å². The zero-order valence-electron chi connectivity index (χ0n) is 9.96. The van der Waals surface area contributed by atoms with Crippen molar-refractivity contribution in [1.29, 1.82) is 0 Å². The van der Waals surface area contributed by atoms with Crippen LogP contribution in [-0.2, 0) is 13.0 Å². The summed E-state index contributed by atoms with van der Waals surface area (Å²) in [4.78, 5) is 18.8. The van der Waals surface area contributed by atoms with E-state index < -0.39 is 11.6 Å². The van der Waals surface area contributed by atoms with E-state index in [1.807, 2.05) is 0 Å². The van der Waals surface area contributed by atoms with Crippen LogP contribution < -0.4 is 10.9 Å². The average molecular weight is 263 g/mol. The minimum Gasteiger partial charge on any atom is -0.312 e. The Morgan fingerprint density at radius 2 is 1.89 bits per heavy atom. The van der Waals surface area contributed by atoms with Crippen LogP contribution in [0.3, 0.4) is 0 Å². The Labute approximate surface area is 107 Å². The molecule has 1 aromatic heterocycles. The van der Waals surface area contributed by atoms with E-state index in [-0.39, 0.29) is 16.9 Å². The van der Waals surface area contributed by atoms with Crippen molar-refractivity contribution in [2.24, 2.45) is 0 Å². The van der Waals surface area contributed by atoms with Crippen molar-refractivity contribution in [3.8, 4) is 11.4 Å². The number of benzene rings is 1. The van der Waals surface area contributed by atoms with E-state index in [2.05, 4.69) is 15.3 Å². The highest BCUT2D eigenvalue weighted by Crippen LogP contribution is 2.18. The molecule has 0 aliphatic carbocycles. The molecule has 0 fully saturated rings. The van der Waals surface area contributed by atoms with Crippen LogP contribution in [0.1, 0.15) is 11.3 Å². The maximum Gasteiger partial charge on any atom is 0.255 e. The molecule has 6 heteroatoms. The molecule has 0 saturated carbocycles. The highest BCUT2D eigenvalue weighted by atomic mass is 19.1. The molecule has 19 heavy (non-hydrogen) atoms. The van der Waals surface area contributed by atoms with Gasteiger partial charge in [0.15, 0.2) is 0 Å². The molecule has 0 saturated heterocycles. The summed E-state index contributed by atoms with van der Waals surface area (Å²) >= 11 is 0. The summed E-state index contributed by atoms with van der Waals surface area (Å²) in [5.74, 6) is -1.20. The van der Waals surface area contributed by atoms with Gasteiger partial charge in [0.25, 0.3) is 5.56 Å². The lowest BCUT2D eigenvalue weighted by Crippen LogP contribution is -2.31. The van der Waals surface area contributed by atoms with E-state index >= 15 is 0 Å². The van der Waals surface area contributed by atoms with Crippen LogP contribution in [0.2, 0.25) is 0 Å². The molecule has 0 unspecified atom stereocenters. The number of fused-ring (bicyclic) bond motifs is 1. The summed E-state index contributed by atoms with van der Waals surface area (Å²) in [7, 11) is 0. The molecule has 98 valence electrons. The van der Waals surface area contributed by atoms with Crippen LogP contribution in [0.4, 0.5) is 8.78 Å². The SMILES string of the molecule is O=c1[nH]c(-c2cc(F)cc(F)c2)nc2c1CNCC2. The first-order valence-corrected chi connectivity index (χ1v) is 5.93. The molecule has 3 rings (SSSR count). The number of H-pyrrole nitrogens is 1. The van der Waals surface area contributed by atoms with Crippen LogP contribution in [0.25, 0.3) is 11.4 Å². The van der Waals surface area contributed by atoms with E-state index in [0.29, 0.717) is 24.2 Å². The van der Waals surface area contributed by atoms with Crippen LogP contribution >= 0.6 is 0 Å². The molecule has 2 heterocycles. The van der Waals surface area contributed by atoms with Gasteiger partial charge in [-0.3, -0.25) is 4.79 Å². The highest BCUT2D eigenvalue weighted by molar-refractivity contribution is 5.55. The van der Waals surface area contributed by atoms with Crippen molar-refractivity contribution in [3.63, 3.8) is 0 Å². The Hall–Kier alpha value is -2.08. The van der Waals surface area contributed by atoms with Crippen molar-refractivity contribution in [2.75, 3.05) is 6.54 Å². The fourth-order valence-electron chi connectivity index (χ4n) is 2.18. The molecule has 0 atom stereocenters. The third-order valence-corrected chi connectivity index (χ3v) is 3.08. The van der Waals surface area contributed by atoms with Gasteiger partial charge in [-0.1, -0.05) is 0 Å². The number of halogens is 2. The average Bonchev–Trinajstić information content (AvgIpc) is 2.37. The quantitative estimate of drug-likeness (QED) is 0.816. The van der Waals surface area contributed by atoms with E-state index in [1.165, 1.54) is 0 Å². The van der Waals surface area contributed by atoms with Crippen LogP contribution in [0.5, 0.6) is 0 Å². The molecule has 4 nitrogen and oxygen atoms in total. The molecule has 0 amide bonds. The van der Waals surface area contributed by atoms with Gasteiger partial charge in [-0.2, -0.15) is 0 Å². The smallest absolute Gasteiger partial charge is 0.255 e. The molecular formula is C13H11F2N3O. The van der Waals surface area contributed by atoms with Crippen molar-refractivity contribution < 1.29 is 8.78 Å². The molecular weight excluding hydrogens is 252 g/mol. The van der Waals surface area contributed by atoms with Gasteiger partial charge in [0.05, 0.1) is 11.3 Å². The van der Waals surface area contributed by atoms with E-state index in [9.17, 15) is 13.6 Å². The second kappa shape index (κ2) is 4.55. The van der Waals surface area contributed by atoms with Gasteiger partial charge in [-0.05, 0) is 12.1 Å². The van der Waals surface area contributed by atoms with E-state index in [4.69, 9.17) is 0 Å². The fourth-order valence-corrected chi connectivity index (χ4v) is 2.18. The Kier molecular flexibility index (Phi) is 2.87. The number of aromatic amines is 1. The van der Waals surface area contributed by atoms with E-state index in [0.717, 1.165) is 24.7 Å². The number of rotatable bonds is 1. The zero-order chi connectivity index (χ0) is 13.4. The third-order valence-electron chi connectivity index (χ3n) is 3.08. The largest absolute Gasteiger partial charge is 0.312 e. The van der Waals surface area contributed by atoms with Crippen molar-refractivity contribution >= 4 is 0 Å². The van der Waals surface area contributed by atoms with Gasteiger partial charge in [-0.25, -0.2) is 13.8 Å². The van der Waals surface area contributed by atoms with E-state index in [1.54, 1.807) is 0 Å². The minimum atomic E-state index is -0.697. The summed E-state index contributed by atoms with van der Waals surface area (Å²) in [5.41, 5.74) is 1.24. The van der Waals surface area contributed by atoms with Gasteiger partial charge in [0.1, 0.15) is 17.5 Å². The monoisotopic (exact) mass is 263 g/mol. The third kappa shape index (κ3) is 2.26. The number of nitrogens with zero attached hydrogens (tertiary/aromatic N) is 1. The van der Waals surface area contributed by atoms with Crippen molar-refractivity contribution in [2.45, 2.75) is 13.0 Å². The van der Waals surface area contributed by atoms with Gasteiger partial charge in [-0.15, -0.1) is 0 Å². The molecule has 0 bridgehead atoms. The van der Waals surface area contributed by atoms with Gasteiger partial charge in [0, 0.05) is 31.1 Å². The number of hydrogen-bond acceptors (Lipinski definition) is 3. The topological polar surface area (TPSA) is 57.8 Å². The molecule has 2 N–H and O–H groups in total. The van der Waals surface area contributed by atoms with Crippen molar-refractivity contribution in [3.05, 3.63) is 51.4 Å². The predicted molar refractivity (Wildman–Crippen MR) is 65.6 cm³/mol. The van der Waals surface area contributed by atoms with Crippen LogP contribution in [-0.4, -0.2) is 16.5 Å². The van der Waals surface area contributed by atoms with Crippen LogP contribution in [0, 0.1) is 11.6 Å². The zero-order valence-corrected chi connectivity index (χ0v) is 9.96. The lowest BCUT2D eigenvalue weighted by molar-refractivity contribution is 0.583. The lowest BCUT2D eigenvalue weighted by atomic mass is 10.1. The maximum absolute atomic E-state index is 13.2. The highest BCUT2D eigenvalue weighted by Gasteiger charge is 2.16. The summed E-state index contributed by atoms with van der Waals surface area (Å²) < 4.78 is 26.4. The fraction of sp³-hybridized carbons (Fsp3) is 0.231. The summed E-state index contributed by atoms with van der Waals surface area (Å²) in [6.07, 6.45) is 0.629. The summed E-state index contributed by atoms with van der Waals surface area (Å²) in [5, 5.41) is 3.08. The second-order valence-electron chi connectivity index (χ2n) is 4.42. The molecule has 0 radical (unpaired) electrons. The van der Waals surface area contributed by atoms with Crippen LogP contribution in [0.15, 0.2) is 23.0 Å². The first kappa shape index (κ1) is 12.0. The molecule has 1 aromatic carbocycles. The summed E-state index contributed by atoms with van der Waals surface area (Å²) in [6.45, 7) is 1.20. The van der Waals surface area contributed by atoms with Crippen molar-refractivity contribution in [1.82, 2.24) is 15.3 Å². The number of aromatic nitrogens is 2. The normalized spacial score (nSPS) is 14.2. The Morgan fingerprint density at radius 3 is 2.63 bits per heavy atom. The van der Waals surface area contributed by atoms with Gasteiger partial charge < -0.3 is 10.3 Å². The number of hydrogen-bond donors (Lipinski definition) is 2. The standard InChI is InChI=1S/C13H11F2N3O/c14-8-3-7(4-9(15)5-8)12-17-11-1-2-16-6-10(11)13(19)18-12/h3-5,16H,1-2,6H2,(H,17,18,19). The Balaban J connectivity index is 2.15. The second-order valence-corrected chi connectivity index (χ2v) is 4.42. The van der Waals surface area contributed by atoms with Gasteiger partial charge in [0.2, 0.25) is 0 Å². The molecule has 1 aliphatic rings. The Morgan fingerprint density at radius 1 is 1.16 bits per heavy atom. The predicted octanol–water partition coefficient (Wildman–Crippen LogP) is 1.36. The molecule has 1 aliphatic heterocycles. The minimum absolute atomic E-state index is 0.198. The summed E-state index contributed by atoms with van der Waals surface area (Å²) in [6, 6.07) is 3.08. The Bertz CT molecular complexity index is 677. The first-order chi connectivity index (χ1) is 9.13. The molecule has 2 aromatic rings. The number of nitrogens with one attached hydrogen (secondary N) is 2. The lowest BCUT2D eigenvalue weighted by Gasteiger charge is -2.15. The first-order valence-electron chi connectivity index (χ1n) is 5.93. The maximum atomic E-state index is 13.2. The molecule has 0 spiro atoms.